The zero-order valence-electron chi connectivity index (χ0n) is 12.0. The standard InChI is InChI=1S/C17H20ClNO/c1-3-19(15-9-5-4-6-10-15)12-13-20-17-14(2)8-7-11-16(17)18/h4-11H,3,12-13H2,1-2H3. The minimum Gasteiger partial charge on any atom is -0.490 e. The van der Waals surface area contributed by atoms with E-state index in [0.717, 1.165) is 24.4 Å². The molecular weight excluding hydrogens is 270 g/mol. The molecule has 2 nitrogen and oxygen atoms in total. The monoisotopic (exact) mass is 289 g/mol. The molecule has 0 unspecified atom stereocenters. The van der Waals surface area contributed by atoms with Crippen LogP contribution in [0.5, 0.6) is 5.75 Å². The van der Waals surface area contributed by atoms with Crippen LogP contribution in [0.4, 0.5) is 5.69 Å². The summed E-state index contributed by atoms with van der Waals surface area (Å²) in [6.07, 6.45) is 0. The first kappa shape index (κ1) is 14.7. The van der Waals surface area contributed by atoms with Gasteiger partial charge in [-0.1, -0.05) is 41.9 Å². The van der Waals surface area contributed by atoms with Crippen LogP contribution in [0.25, 0.3) is 0 Å². The van der Waals surface area contributed by atoms with Gasteiger partial charge in [0.25, 0.3) is 0 Å². The quantitative estimate of drug-likeness (QED) is 0.773. The molecule has 0 saturated heterocycles. The van der Waals surface area contributed by atoms with Crippen LogP contribution < -0.4 is 9.64 Å². The number of anilines is 1. The zero-order chi connectivity index (χ0) is 14.4. The number of aryl methyl sites for hydroxylation is 1. The third-order valence-electron chi connectivity index (χ3n) is 3.27. The van der Waals surface area contributed by atoms with Crippen molar-refractivity contribution < 1.29 is 4.74 Å². The number of hydrogen-bond donors (Lipinski definition) is 0. The van der Waals surface area contributed by atoms with E-state index in [1.807, 2.05) is 31.2 Å². The maximum Gasteiger partial charge on any atom is 0.140 e. The van der Waals surface area contributed by atoms with Crippen molar-refractivity contribution in [2.45, 2.75) is 13.8 Å². The molecule has 0 spiro atoms. The number of rotatable bonds is 6. The van der Waals surface area contributed by atoms with E-state index in [1.54, 1.807) is 0 Å². The summed E-state index contributed by atoms with van der Waals surface area (Å²) in [4.78, 5) is 2.28. The predicted octanol–water partition coefficient (Wildman–Crippen LogP) is 4.55. The Hall–Kier alpha value is -1.67. The van der Waals surface area contributed by atoms with E-state index < -0.39 is 0 Å². The van der Waals surface area contributed by atoms with Gasteiger partial charge in [-0.3, -0.25) is 0 Å². The molecule has 0 bridgehead atoms. The van der Waals surface area contributed by atoms with E-state index >= 15 is 0 Å². The summed E-state index contributed by atoms with van der Waals surface area (Å²) in [5.41, 5.74) is 2.29. The van der Waals surface area contributed by atoms with Crippen LogP contribution in [-0.2, 0) is 0 Å². The van der Waals surface area contributed by atoms with E-state index in [0.29, 0.717) is 11.6 Å². The molecule has 0 atom stereocenters. The van der Waals surface area contributed by atoms with Crippen molar-refractivity contribution >= 4 is 17.3 Å². The average molecular weight is 290 g/mol. The lowest BCUT2D eigenvalue weighted by Gasteiger charge is -2.23. The number of hydrogen-bond acceptors (Lipinski definition) is 2. The SMILES string of the molecule is CCN(CCOc1c(C)cccc1Cl)c1ccccc1. The van der Waals surface area contributed by atoms with Crippen LogP contribution in [-0.4, -0.2) is 19.7 Å². The van der Waals surface area contributed by atoms with Crippen LogP contribution in [0.2, 0.25) is 5.02 Å². The van der Waals surface area contributed by atoms with Gasteiger partial charge in [0, 0.05) is 12.2 Å². The number of halogens is 1. The number of benzene rings is 2. The lowest BCUT2D eigenvalue weighted by atomic mass is 10.2. The topological polar surface area (TPSA) is 12.5 Å². The molecule has 0 amide bonds. The summed E-state index contributed by atoms with van der Waals surface area (Å²) >= 11 is 6.16. The largest absolute Gasteiger partial charge is 0.490 e. The van der Waals surface area contributed by atoms with Gasteiger partial charge in [-0.25, -0.2) is 0 Å². The van der Waals surface area contributed by atoms with Crippen molar-refractivity contribution in [2.75, 3.05) is 24.6 Å². The molecule has 0 N–H and O–H groups in total. The molecule has 0 heterocycles. The molecule has 106 valence electrons. The van der Waals surface area contributed by atoms with E-state index in [-0.39, 0.29) is 0 Å². The molecule has 0 aliphatic heterocycles. The number of nitrogens with zero attached hydrogens (tertiary/aromatic N) is 1. The second-order valence-corrected chi connectivity index (χ2v) is 5.06. The van der Waals surface area contributed by atoms with Crippen LogP contribution >= 0.6 is 11.6 Å². The fourth-order valence-electron chi connectivity index (χ4n) is 2.17. The molecule has 0 fully saturated rings. The smallest absolute Gasteiger partial charge is 0.140 e. The summed E-state index contributed by atoms with van der Waals surface area (Å²) in [6.45, 7) is 6.57. The molecule has 20 heavy (non-hydrogen) atoms. The summed E-state index contributed by atoms with van der Waals surface area (Å²) in [6, 6.07) is 16.2. The highest BCUT2D eigenvalue weighted by atomic mass is 35.5. The Morgan fingerprint density at radius 1 is 1.05 bits per heavy atom. The van der Waals surface area contributed by atoms with Gasteiger partial charge in [-0.15, -0.1) is 0 Å². The van der Waals surface area contributed by atoms with Crippen molar-refractivity contribution in [3.05, 3.63) is 59.1 Å². The maximum absolute atomic E-state index is 6.16. The third-order valence-corrected chi connectivity index (χ3v) is 3.57. The fourth-order valence-corrected chi connectivity index (χ4v) is 2.44. The molecule has 2 aromatic rings. The molecule has 0 aliphatic rings. The van der Waals surface area contributed by atoms with Crippen molar-refractivity contribution in [2.24, 2.45) is 0 Å². The summed E-state index contributed by atoms with van der Waals surface area (Å²) in [5.74, 6) is 0.790. The predicted molar refractivity (Wildman–Crippen MR) is 86.0 cm³/mol. The Balaban J connectivity index is 1.95. The second-order valence-electron chi connectivity index (χ2n) is 4.65. The van der Waals surface area contributed by atoms with Gasteiger partial charge >= 0.3 is 0 Å². The minimum atomic E-state index is 0.618. The van der Waals surface area contributed by atoms with E-state index in [1.165, 1.54) is 5.69 Å². The molecule has 0 saturated carbocycles. The van der Waals surface area contributed by atoms with E-state index in [2.05, 4.69) is 36.1 Å². The molecule has 3 heteroatoms. The zero-order valence-corrected chi connectivity index (χ0v) is 12.7. The first-order chi connectivity index (χ1) is 9.72. The Kier molecular flexibility index (Phi) is 5.31. The summed E-state index contributed by atoms with van der Waals surface area (Å²) in [5, 5.41) is 0.674. The van der Waals surface area contributed by atoms with Crippen molar-refractivity contribution in [1.82, 2.24) is 0 Å². The van der Waals surface area contributed by atoms with Gasteiger partial charge < -0.3 is 9.64 Å². The summed E-state index contributed by atoms with van der Waals surface area (Å²) < 4.78 is 5.85. The van der Waals surface area contributed by atoms with E-state index in [4.69, 9.17) is 16.3 Å². The van der Waals surface area contributed by atoms with E-state index in [9.17, 15) is 0 Å². The molecule has 0 aromatic heterocycles. The number of para-hydroxylation sites is 2. The van der Waals surface area contributed by atoms with Gasteiger partial charge in [-0.05, 0) is 37.6 Å². The number of ether oxygens (including phenoxy) is 1. The fraction of sp³-hybridized carbons (Fsp3) is 0.294. The first-order valence-corrected chi connectivity index (χ1v) is 7.28. The van der Waals surface area contributed by atoms with Crippen LogP contribution in [0.1, 0.15) is 12.5 Å². The first-order valence-electron chi connectivity index (χ1n) is 6.90. The highest BCUT2D eigenvalue weighted by molar-refractivity contribution is 6.32. The van der Waals surface area contributed by atoms with Crippen LogP contribution in [0.3, 0.4) is 0 Å². The van der Waals surface area contributed by atoms with Gasteiger partial charge in [0.1, 0.15) is 12.4 Å². The molecule has 0 aliphatic carbocycles. The van der Waals surface area contributed by atoms with Gasteiger partial charge in [0.05, 0.1) is 11.6 Å². The van der Waals surface area contributed by atoms with Crippen LogP contribution in [0.15, 0.2) is 48.5 Å². The van der Waals surface area contributed by atoms with Gasteiger partial charge in [-0.2, -0.15) is 0 Å². The minimum absolute atomic E-state index is 0.618. The highest BCUT2D eigenvalue weighted by Gasteiger charge is 2.07. The Morgan fingerprint density at radius 3 is 2.45 bits per heavy atom. The van der Waals surface area contributed by atoms with Gasteiger partial charge in [0.15, 0.2) is 0 Å². The Morgan fingerprint density at radius 2 is 1.80 bits per heavy atom. The molecular formula is C17H20ClNO. The molecule has 2 rings (SSSR count). The van der Waals surface area contributed by atoms with Crippen molar-refractivity contribution in [3.63, 3.8) is 0 Å². The molecule has 2 aromatic carbocycles. The summed E-state index contributed by atoms with van der Waals surface area (Å²) in [7, 11) is 0. The molecule has 0 radical (unpaired) electrons. The Bertz CT molecular complexity index is 522. The average Bonchev–Trinajstić information content (AvgIpc) is 2.47. The van der Waals surface area contributed by atoms with Crippen LogP contribution in [0, 0.1) is 6.92 Å². The normalized spacial score (nSPS) is 10.3. The second kappa shape index (κ2) is 7.20. The third kappa shape index (κ3) is 3.67. The lowest BCUT2D eigenvalue weighted by Crippen LogP contribution is -2.28. The highest BCUT2D eigenvalue weighted by Crippen LogP contribution is 2.27. The Labute approximate surface area is 125 Å². The van der Waals surface area contributed by atoms with Crippen molar-refractivity contribution in [3.8, 4) is 5.75 Å². The van der Waals surface area contributed by atoms with Crippen molar-refractivity contribution in [1.29, 1.82) is 0 Å². The number of likely N-dealkylation sites (N-methyl/N-ethyl adjacent to an activating group) is 1. The van der Waals surface area contributed by atoms with Gasteiger partial charge in [0.2, 0.25) is 0 Å². The maximum atomic E-state index is 6.16. The lowest BCUT2D eigenvalue weighted by molar-refractivity contribution is 0.322.